The molecule has 42 valence electrons. The Labute approximate surface area is 47.9 Å². The zero-order valence-corrected chi connectivity index (χ0v) is 4.42. The van der Waals surface area contributed by atoms with Gasteiger partial charge in [-0.1, -0.05) is 12.2 Å². The van der Waals surface area contributed by atoms with Crippen LogP contribution in [-0.2, 0) is 4.79 Å². The minimum absolute atomic E-state index is 0.660. The van der Waals surface area contributed by atoms with Gasteiger partial charge in [-0.25, -0.2) is 0 Å². The summed E-state index contributed by atoms with van der Waals surface area (Å²) in [5, 5.41) is 2.88. The molecular formula is C6H7NO. The molecular weight excluding hydrogens is 102 g/mol. The van der Waals surface area contributed by atoms with E-state index in [1.165, 1.54) is 0 Å². The van der Waals surface area contributed by atoms with Gasteiger partial charge in [-0.2, -0.15) is 0 Å². The van der Waals surface area contributed by atoms with Crippen molar-refractivity contribution in [1.29, 1.82) is 0 Å². The Hall–Kier alpha value is -1.05. The summed E-state index contributed by atoms with van der Waals surface area (Å²) < 4.78 is 0. The smallest absolute Gasteiger partial charge is 0.165 e. The molecule has 0 spiro atoms. The van der Waals surface area contributed by atoms with Crippen molar-refractivity contribution in [2.45, 2.75) is 0 Å². The average molecular weight is 109 g/mol. The number of carbonyl (C=O) groups excluding carboxylic acids is 1. The first-order valence-electron chi connectivity index (χ1n) is 2.49. The van der Waals surface area contributed by atoms with Crippen LogP contribution in [0.3, 0.4) is 0 Å². The second-order valence-electron chi connectivity index (χ2n) is 1.55. The number of aldehydes is 1. The minimum atomic E-state index is 0.660. The quantitative estimate of drug-likeness (QED) is 0.488. The lowest BCUT2D eigenvalue weighted by molar-refractivity contribution is -0.105. The second kappa shape index (κ2) is 2.31. The molecule has 2 heteroatoms. The first-order chi connectivity index (χ1) is 3.93. The van der Waals surface area contributed by atoms with Gasteiger partial charge in [0, 0.05) is 6.54 Å². The Morgan fingerprint density at radius 1 is 1.75 bits per heavy atom. The zero-order chi connectivity index (χ0) is 5.82. The Morgan fingerprint density at radius 3 is 3.00 bits per heavy atom. The van der Waals surface area contributed by atoms with Crippen LogP contribution in [0.4, 0.5) is 0 Å². The Bertz CT molecular complexity index is 147. The predicted octanol–water partition coefficient (Wildman–Crippen LogP) is 0.229. The molecule has 2 nitrogen and oxygen atoms in total. The summed E-state index contributed by atoms with van der Waals surface area (Å²) in [5.41, 5.74) is 0.660. The first-order valence-corrected chi connectivity index (χ1v) is 2.49. The highest BCUT2D eigenvalue weighted by atomic mass is 16.1. The lowest BCUT2D eigenvalue weighted by Crippen LogP contribution is -2.15. The number of hydrogen-bond donors (Lipinski definition) is 1. The van der Waals surface area contributed by atoms with E-state index < -0.39 is 0 Å². The first kappa shape index (κ1) is 5.09. The fraction of sp³-hybridized carbons (Fsp3) is 0.167. The molecule has 1 N–H and O–H groups in total. The van der Waals surface area contributed by atoms with Crippen LogP contribution in [-0.4, -0.2) is 12.8 Å². The van der Waals surface area contributed by atoms with E-state index in [-0.39, 0.29) is 0 Å². The van der Waals surface area contributed by atoms with E-state index in [9.17, 15) is 4.79 Å². The van der Waals surface area contributed by atoms with Gasteiger partial charge < -0.3 is 5.32 Å². The topological polar surface area (TPSA) is 29.1 Å². The molecule has 0 saturated heterocycles. The maximum atomic E-state index is 10.00. The van der Waals surface area contributed by atoms with Crippen LogP contribution >= 0.6 is 0 Å². The van der Waals surface area contributed by atoms with Crippen LogP contribution in [0.2, 0.25) is 0 Å². The van der Waals surface area contributed by atoms with E-state index in [1.54, 1.807) is 6.08 Å². The van der Waals surface area contributed by atoms with Crippen molar-refractivity contribution >= 4 is 6.29 Å². The molecule has 0 aromatic carbocycles. The molecule has 0 fully saturated rings. The molecule has 0 atom stereocenters. The van der Waals surface area contributed by atoms with Crippen molar-refractivity contribution in [3.63, 3.8) is 0 Å². The third kappa shape index (κ3) is 0.964. The van der Waals surface area contributed by atoms with Gasteiger partial charge in [0.25, 0.3) is 0 Å². The third-order valence-corrected chi connectivity index (χ3v) is 0.963. The van der Waals surface area contributed by atoms with Gasteiger partial charge in [0.15, 0.2) is 6.29 Å². The lowest BCUT2D eigenvalue weighted by atomic mass is 10.3. The summed E-state index contributed by atoms with van der Waals surface area (Å²) in [7, 11) is 0. The summed E-state index contributed by atoms with van der Waals surface area (Å²) in [6.07, 6.45) is 6.37. The molecule has 0 saturated carbocycles. The van der Waals surface area contributed by atoms with E-state index in [0.717, 1.165) is 12.8 Å². The number of allylic oxidation sites excluding steroid dienone is 3. The van der Waals surface area contributed by atoms with Crippen LogP contribution in [0, 0.1) is 0 Å². The van der Waals surface area contributed by atoms with Crippen LogP contribution in [0.15, 0.2) is 23.9 Å². The van der Waals surface area contributed by atoms with Gasteiger partial charge in [-0.3, -0.25) is 4.79 Å². The highest BCUT2D eigenvalue weighted by Gasteiger charge is 1.91. The van der Waals surface area contributed by atoms with Crippen LogP contribution in [0.25, 0.3) is 0 Å². The zero-order valence-electron chi connectivity index (χ0n) is 4.42. The molecule has 0 unspecified atom stereocenters. The summed E-state index contributed by atoms with van der Waals surface area (Å²) in [6, 6.07) is 0. The van der Waals surface area contributed by atoms with Gasteiger partial charge >= 0.3 is 0 Å². The molecule has 0 radical (unpaired) electrons. The van der Waals surface area contributed by atoms with Gasteiger partial charge in [0.2, 0.25) is 0 Å². The van der Waals surface area contributed by atoms with Gasteiger partial charge in [0.1, 0.15) is 0 Å². The molecule has 8 heavy (non-hydrogen) atoms. The second-order valence-corrected chi connectivity index (χ2v) is 1.55. The largest absolute Gasteiger partial charge is 0.379 e. The van der Waals surface area contributed by atoms with Crippen LogP contribution < -0.4 is 5.32 Å². The number of carbonyl (C=O) groups is 1. The van der Waals surface area contributed by atoms with Gasteiger partial charge in [0.05, 0.1) is 5.70 Å². The van der Waals surface area contributed by atoms with Crippen molar-refractivity contribution in [1.82, 2.24) is 5.32 Å². The minimum Gasteiger partial charge on any atom is -0.379 e. The summed E-state index contributed by atoms with van der Waals surface area (Å²) >= 11 is 0. The number of nitrogens with one attached hydrogen (secondary N) is 1. The molecule has 1 rings (SSSR count). The highest BCUT2D eigenvalue weighted by molar-refractivity contribution is 5.73. The normalized spacial score (nSPS) is 16.8. The summed E-state index contributed by atoms with van der Waals surface area (Å²) in [4.78, 5) is 10.00. The van der Waals surface area contributed by atoms with Gasteiger partial charge in [-0.05, 0) is 6.08 Å². The molecule has 0 amide bonds. The predicted molar refractivity (Wildman–Crippen MR) is 31.3 cm³/mol. The van der Waals surface area contributed by atoms with Crippen molar-refractivity contribution < 1.29 is 4.79 Å². The fourth-order valence-corrected chi connectivity index (χ4v) is 0.556. The van der Waals surface area contributed by atoms with Crippen molar-refractivity contribution in [3.8, 4) is 0 Å². The molecule has 1 heterocycles. The molecule has 0 aromatic rings. The number of hydrogen-bond acceptors (Lipinski definition) is 2. The van der Waals surface area contributed by atoms with Crippen molar-refractivity contribution in [3.05, 3.63) is 23.9 Å². The SMILES string of the molecule is O=CC1=CC=CCN1. The van der Waals surface area contributed by atoms with E-state index >= 15 is 0 Å². The Morgan fingerprint density at radius 2 is 2.62 bits per heavy atom. The van der Waals surface area contributed by atoms with Crippen LogP contribution in [0.5, 0.6) is 0 Å². The third-order valence-electron chi connectivity index (χ3n) is 0.963. The van der Waals surface area contributed by atoms with Crippen LogP contribution in [0.1, 0.15) is 0 Å². The maximum absolute atomic E-state index is 10.00. The van der Waals surface area contributed by atoms with E-state index in [0.29, 0.717) is 5.70 Å². The average Bonchev–Trinajstić information content (AvgIpc) is 1.90. The lowest BCUT2D eigenvalue weighted by Gasteiger charge is -2.02. The monoisotopic (exact) mass is 109 g/mol. The number of rotatable bonds is 1. The molecule has 0 aliphatic carbocycles. The molecule has 0 bridgehead atoms. The summed E-state index contributed by atoms with van der Waals surface area (Å²) in [6.45, 7) is 0.768. The van der Waals surface area contributed by atoms with E-state index in [2.05, 4.69) is 5.32 Å². The Kier molecular flexibility index (Phi) is 1.47. The van der Waals surface area contributed by atoms with Crippen molar-refractivity contribution in [2.24, 2.45) is 0 Å². The fourth-order valence-electron chi connectivity index (χ4n) is 0.556. The highest BCUT2D eigenvalue weighted by Crippen LogP contribution is 1.89. The molecule has 0 aromatic heterocycles. The summed E-state index contributed by atoms with van der Waals surface area (Å²) in [5.74, 6) is 0. The maximum Gasteiger partial charge on any atom is 0.165 e. The number of dihydropyridines is 1. The van der Waals surface area contributed by atoms with E-state index in [1.807, 2.05) is 12.2 Å². The van der Waals surface area contributed by atoms with Crippen molar-refractivity contribution in [2.75, 3.05) is 6.54 Å². The standard InChI is InChI=1S/C6H7NO/c8-5-6-3-1-2-4-7-6/h1-3,5,7H,4H2. The molecule has 1 aliphatic rings. The van der Waals surface area contributed by atoms with Gasteiger partial charge in [-0.15, -0.1) is 0 Å². The Balaban J connectivity index is 2.63. The van der Waals surface area contributed by atoms with E-state index in [4.69, 9.17) is 0 Å². The molecule has 1 aliphatic heterocycles.